The Balaban J connectivity index is 1.94. The number of rotatable bonds is 2. The molecular weight excluding hydrogens is 256 g/mol. The van der Waals surface area contributed by atoms with E-state index in [4.69, 9.17) is 4.99 Å². The SMILES string of the molecule is Cc1ccc(-c2nn(C)c(=NC3CCNC3)s2)cc1. The molecule has 3 rings (SSSR count). The minimum absolute atomic E-state index is 0.400. The number of hydrogen-bond donors (Lipinski definition) is 1. The Hall–Kier alpha value is -1.46. The fourth-order valence-electron chi connectivity index (χ4n) is 2.18. The molecule has 4 nitrogen and oxygen atoms in total. The molecule has 1 aliphatic heterocycles. The van der Waals surface area contributed by atoms with Gasteiger partial charge in [0, 0.05) is 19.2 Å². The highest BCUT2D eigenvalue weighted by Crippen LogP contribution is 2.19. The topological polar surface area (TPSA) is 42.2 Å². The van der Waals surface area contributed by atoms with Gasteiger partial charge in [-0.25, -0.2) is 4.68 Å². The quantitative estimate of drug-likeness (QED) is 0.906. The fraction of sp³-hybridized carbons (Fsp3) is 0.429. The summed E-state index contributed by atoms with van der Waals surface area (Å²) in [6, 6.07) is 8.88. The van der Waals surface area contributed by atoms with Gasteiger partial charge < -0.3 is 5.32 Å². The van der Waals surface area contributed by atoms with Crippen molar-refractivity contribution in [1.29, 1.82) is 0 Å². The van der Waals surface area contributed by atoms with E-state index in [1.165, 1.54) is 5.56 Å². The minimum atomic E-state index is 0.400. The van der Waals surface area contributed by atoms with Crippen LogP contribution in [0.3, 0.4) is 0 Å². The largest absolute Gasteiger partial charge is 0.315 e. The second-order valence-corrected chi connectivity index (χ2v) is 5.91. The summed E-state index contributed by atoms with van der Waals surface area (Å²) >= 11 is 1.66. The molecule has 0 amide bonds. The van der Waals surface area contributed by atoms with Crippen LogP contribution in [-0.4, -0.2) is 28.9 Å². The van der Waals surface area contributed by atoms with Crippen molar-refractivity contribution in [2.75, 3.05) is 13.1 Å². The maximum absolute atomic E-state index is 4.78. The smallest absolute Gasteiger partial charge is 0.203 e. The van der Waals surface area contributed by atoms with E-state index < -0.39 is 0 Å². The summed E-state index contributed by atoms with van der Waals surface area (Å²) in [6.07, 6.45) is 1.12. The predicted molar refractivity (Wildman–Crippen MR) is 78.1 cm³/mol. The molecule has 19 heavy (non-hydrogen) atoms. The van der Waals surface area contributed by atoms with Gasteiger partial charge in [0.25, 0.3) is 0 Å². The maximum atomic E-state index is 4.78. The number of hydrogen-bond acceptors (Lipinski definition) is 4. The fourth-order valence-corrected chi connectivity index (χ4v) is 3.15. The van der Waals surface area contributed by atoms with Gasteiger partial charge in [0.2, 0.25) is 4.80 Å². The lowest BCUT2D eigenvalue weighted by Gasteiger charge is -1.97. The third kappa shape index (κ3) is 2.77. The summed E-state index contributed by atoms with van der Waals surface area (Å²) in [7, 11) is 1.97. The molecule has 0 bridgehead atoms. The van der Waals surface area contributed by atoms with Gasteiger partial charge in [0.1, 0.15) is 5.01 Å². The van der Waals surface area contributed by atoms with E-state index in [0.29, 0.717) is 6.04 Å². The standard InChI is InChI=1S/C14H18N4S/c1-10-3-5-11(6-4-10)13-17-18(2)14(19-13)16-12-7-8-15-9-12/h3-6,12,15H,7-9H2,1-2H3. The molecule has 100 valence electrons. The molecular formula is C14H18N4S. The molecule has 0 aliphatic carbocycles. The van der Waals surface area contributed by atoms with Gasteiger partial charge in [-0.05, 0) is 19.9 Å². The third-order valence-corrected chi connectivity index (χ3v) is 4.39. The summed E-state index contributed by atoms with van der Waals surface area (Å²) < 4.78 is 1.89. The zero-order chi connectivity index (χ0) is 13.2. The van der Waals surface area contributed by atoms with Crippen LogP contribution in [0.5, 0.6) is 0 Å². The van der Waals surface area contributed by atoms with Crippen LogP contribution >= 0.6 is 11.3 Å². The van der Waals surface area contributed by atoms with Gasteiger partial charge in [0.05, 0.1) is 6.04 Å². The third-order valence-electron chi connectivity index (χ3n) is 3.33. The van der Waals surface area contributed by atoms with Crippen molar-refractivity contribution in [3.63, 3.8) is 0 Å². The van der Waals surface area contributed by atoms with E-state index in [-0.39, 0.29) is 0 Å². The number of aryl methyl sites for hydroxylation is 2. The second kappa shape index (κ2) is 5.27. The van der Waals surface area contributed by atoms with Crippen LogP contribution < -0.4 is 10.1 Å². The van der Waals surface area contributed by atoms with Crippen LogP contribution in [-0.2, 0) is 7.05 Å². The number of benzene rings is 1. The lowest BCUT2D eigenvalue weighted by molar-refractivity contribution is 0.666. The van der Waals surface area contributed by atoms with E-state index in [0.717, 1.165) is 34.9 Å². The Morgan fingerprint density at radius 1 is 1.37 bits per heavy atom. The van der Waals surface area contributed by atoms with Gasteiger partial charge >= 0.3 is 0 Å². The normalized spacial score (nSPS) is 20.1. The first-order valence-electron chi connectivity index (χ1n) is 6.58. The highest BCUT2D eigenvalue weighted by Gasteiger charge is 2.13. The Bertz CT molecular complexity index is 618. The molecule has 2 aromatic rings. The number of nitrogens with one attached hydrogen (secondary N) is 1. The molecule has 1 aromatic carbocycles. The van der Waals surface area contributed by atoms with E-state index in [9.17, 15) is 0 Å². The summed E-state index contributed by atoms with van der Waals surface area (Å²) in [6.45, 7) is 4.15. The van der Waals surface area contributed by atoms with Crippen LogP contribution in [0.1, 0.15) is 12.0 Å². The van der Waals surface area contributed by atoms with Crippen molar-refractivity contribution in [1.82, 2.24) is 15.1 Å². The van der Waals surface area contributed by atoms with E-state index >= 15 is 0 Å². The second-order valence-electron chi connectivity index (χ2n) is 4.96. The molecule has 1 aromatic heterocycles. The van der Waals surface area contributed by atoms with Gasteiger partial charge in [0.15, 0.2) is 0 Å². The number of nitrogens with zero attached hydrogens (tertiary/aromatic N) is 3. The van der Waals surface area contributed by atoms with Crippen LogP contribution in [0.2, 0.25) is 0 Å². The van der Waals surface area contributed by atoms with Crippen molar-refractivity contribution in [3.05, 3.63) is 34.6 Å². The van der Waals surface area contributed by atoms with Crippen LogP contribution in [0.4, 0.5) is 0 Å². The van der Waals surface area contributed by atoms with Crippen molar-refractivity contribution < 1.29 is 0 Å². The monoisotopic (exact) mass is 274 g/mol. The van der Waals surface area contributed by atoms with Crippen molar-refractivity contribution in [2.45, 2.75) is 19.4 Å². The van der Waals surface area contributed by atoms with E-state index in [2.05, 4.69) is 41.6 Å². The van der Waals surface area contributed by atoms with Gasteiger partial charge in [-0.1, -0.05) is 41.2 Å². The van der Waals surface area contributed by atoms with Crippen molar-refractivity contribution >= 4 is 11.3 Å². The molecule has 0 saturated carbocycles. The van der Waals surface area contributed by atoms with Crippen LogP contribution in [0, 0.1) is 6.92 Å². The van der Waals surface area contributed by atoms with E-state index in [1.807, 2.05) is 11.7 Å². The van der Waals surface area contributed by atoms with Crippen molar-refractivity contribution in [2.24, 2.45) is 12.0 Å². The molecule has 1 saturated heterocycles. The average molecular weight is 274 g/mol. The Morgan fingerprint density at radius 2 is 2.16 bits per heavy atom. The molecule has 1 unspecified atom stereocenters. The van der Waals surface area contributed by atoms with Crippen LogP contribution in [0.15, 0.2) is 29.3 Å². The summed E-state index contributed by atoms with van der Waals surface area (Å²) in [5.74, 6) is 0. The summed E-state index contributed by atoms with van der Waals surface area (Å²) in [5.41, 5.74) is 2.43. The Morgan fingerprint density at radius 3 is 2.84 bits per heavy atom. The molecule has 2 heterocycles. The van der Waals surface area contributed by atoms with Crippen LogP contribution in [0.25, 0.3) is 10.6 Å². The van der Waals surface area contributed by atoms with Gasteiger partial charge in [-0.2, -0.15) is 5.10 Å². The maximum Gasteiger partial charge on any atom is 0.203 e. The molecule has 0 spiro atoms. The lowest BCUT2D eigenvalue weighted by atomic mass is 10.2. The van der Waals surface area contributed by atoms with E-state index in [1.54, 1.807) is 11.3 Å². The average Bonchev–Trinajstić information content (AvgIpc) is 3.02. The first kappa shape index (κ1) is 12.6. The molecule has 1 fully saturated rings. The molecule has 0 radical (unpaired) electrons. The number of aromatic nitrogens is 2. The Labute approximate surface area is 116 Å². The molecule has 1 atom stereocenters. The summed E-state index contributed by atoms with van der Waals surface area (Å²) in [4.78, 5) is 5.78. The summed E-state index contributed by atoms with van der Waals surface area (Å²) in [5, 5.41) is 8.95. The predicted octanol–water partition coefficient (Wildman–Crippen LogP) is 1.72. The first-order valence-corrected chi connectivity index (χ1v) is 7.40. The molecule has 1 aliphatic rings. The molecule has 5 heteroatoms. The highest BCUT2D eigenvalue weighted by molar-refractivity contribution is 7.12. The van der Waals surface area contributed by atoms with Gasteiger partial charge in [-0.3, -0.25) is 4.99 Å². The zero-order valence-electron chi connectivity index (χ0n) is 11.3. The first-order chi connectivity index (χ1) is 9.22. The minimum Gasteiger partial charge on any atom is -0.315 e. The molecule has 1 N–H and O–H groups in total. The lowest BCUT2D eigenvalue weighted by Crippen LogP contribution is -2.18. The zero-order valence-corrected chi connectivity index (χ0v) is 12.1. The highest BCUT2D eigenvalue weighted by atomic mass is 32.1. The van der Waals surface area contributed by atoms with Crippen molar-refractivity contribution in [3.8, 4) is 10.6 Å². The Kier molecular flexibility index (Phi) is 3.48. The van der Waals surface area contributed by atoms with Gasteiger partial charge in [-0.15, -0.1) is 0 Å².